The van der Waals surface area contributed by atoms with Crippen molar-refractivity contribution in [1.29, 1.82) is 0 Å². The van der Waals surface area contributed by atoms with Crippen LogP contribution in [0.15, 0.2) is 29.3 Å². The minimum atomic E-state index is -0.0372. The van der Waals surface area contributed by atoms with Crippen LogP contribution < -0.4 is 16.0 Å². The minimum Gasteiger partial charge on any atom is -0.377 e. The van der Waals surface area contributed by atoms with Crippen molar-refractivity contribution in [3.63, 3.8) is 0 Å². The van der Waals surface area contributed by atoms with E-state index in [1.165, 1.54) is 0 Å². The van der Waals surface area contributed by atoms with E-state index in [0.29, 0.717) is 18.7 Å². The van der Waals surface area contributed by atoms with E-state index in [4.69, 9.17) is 4.74 Å². The van der Waals surface area contributed by atoms with Gasteiger partial charge in [0.2, 0.25) is 0 Å². The highest BCUT2D eigenvalue weighted by molar-refractivity contribution is 5.94. The van der Waals surface area contributed by atoms with E-state index in [9.17, 15) is 4.79 Å². The molecule has 0 aliphatic carbocycles. The van der Waals surface area contributed by atoms with Crippen molar-refractivity contribution in [2.24, 2.45) is 4.99 Å². The van der Waals surface area contributed by atoms with Crippen LogP contribution in [0, 0.1) is 0 Å². The van der Waals surface area contributed by atoms with Gasteiger partial charge >= 0.3 is 0 Å². The first-order valence-corrected chi connectivity index (χ1v) is 10.8. The third-order valence-corrected chi connectivity index (χ3v) is 5.41. The van der Waals surface area contributed by atoms with E-state index in [0.717, 1.165) is 49.0 Å². The summed E-state index contributed by atoms with van der Waals surface area (Å²) in [7, 11) is 3.41. The van der Waals surface area contributed by atoms with Crippen LogP contribution in [-0.4, -0.2) is 52.9 Å². The first-order valence-electron chi connectivity index (χ1n) is 10.8. The Labute approximate surface area is 183 Å². The lowest BCUT2D eigenvalue weighted by Gasteiger charge is -2.25. The largest absolute Gasteiger partial charge is 0.377 e. The maximum atomic E-state index is 12.2. The Hall–Kier alpha value is -2.94. The maximum Gasteiger partial charge on any atom is 0.251 e. The fraction of sp³-hybridized carbons (Fsp3) is 0.545. The van der Waals surface area contributed by atoms with Crippen LogP contribution in [-0.2, 0) is 30.9 Å². The van der Waals surface area contributed by atoms with Gasteiger partial charge < -0.3 is 20.7 Å². The van der Waals surface area contributed by atoms with Crippen LogP contribution in [0.5, 0.6) is 0 Å². The fourth-order valence-corrected chi connectivity index (χ4v) is 3.43. The summed E-state index contributed by atoms with van der Waals surface area (Å²) in [6.07, 6.45) is 2.74. The molecule has 2 aromatic rings. The second-order valence-electron chi connectivity index (χ2n) is 7.84. The number of benzene rings is 1. The number of aryl methyl sites for hydroxylation is 1. The van der Waals surface area contributed by atoms with Gasteiger partial charge in [0.15, 0.2) is 11.8 Å². The molecule has 0 radical (unpaired) electrons. The molecular formula is C22H33N7O2. The third kappa shape index (κ3) is 6.27. The summed E-state index contributed by atoms with van der Waals surface area (Å²) in [5.74, 6) is 2.43. The number of ether oxygens (including phenoxy) is 1. The van der Waals surface area contributed by atoms with Gasteiger partial charge in [-0.25, -0.2) is 9.67 Å². The summed E-state index contributed by atoms with van der Waals surface area (Å²) in [6, 6.07) is 8.04. The van der Waals surface area contributed by atoms with Gasteiger partial charge in [-0.05, 0) is 37.5 Å². The molecule has 9 heteroatoms. The first kappa shape index (κ1) is 22.7. The molecule has 0 saturated heterocycles. The van der Waals surface area contributed by atoms with E-state index in [1.807, 2.05) is 35.9 Å². The molecule has 1 aliphatic heterocycles. The van der Waals surface area contributed by atoms with E-state index < -0.39 is 0 Å². The average molecular weight is 428 g/mol. The molecule has 1 aromatic heterocycles. The van der Waals surface area contributed by atoms with Gasteiger partial charge in [-0.3, -0.25) is 9.79 Å². The molecule has 3 rings (SSSR count). The lowest BCUT2D eigenvalue weighted by Crippen LogP contribution is -2.46. The summed E-state index contributed by atoms with van der Waals surface area (Å²) in [5.41, 5.74) is 1.75. The Morgan fingerprint density at radius 1 is 1.35 bits per heavy atom. The second kappa shape index (κ2) is 10.9. The monoisotopic (exact) mass is 427 g/mol. The van der Waals surface area contributed by atoms with Crippen LogP contribution in [0.2, 0.25) is 0 Å². The summed E-state index contributed by atoms with van der Waals surface area (Å²) >= 11 is 0. The van der Waals surface area contributed by atoms with Gasteiger partial charge in [0.25, 0.3) is 5.91 Å². The van der Waals surface area contributed by atoms with Gasteiger partial charge in [0, 0.05) is 44.8 Å². The number of nitrogens with one attached hydrogen (secondary N) is 3. The molecule has 1 aliphatic rings. The van der Waals surface area contributed by atoms with Crippen molar-refractivity contribution in [2.75, 3.05) is 14.2 Å². The SMILES string of the molecule is CCC(C)NC(=O)c1ccc(CNC(=NC)NC2CCc3nc(COC)nn3C2)cc1. The van der Waals surface area contributed by atoms with Crippen LogP contribution in [0.3, 0.4) is 0 Å². The number of hydrogen-bond donors (Lipinski definition) is 3. The minimum absolute atomic E-state index is 0.0372. The Balaban J connectivity index is 1.50. The quantitative estimate of drug-likeness (QED) is 0.437. The number of guanidine groups is 1. The Morgan fingerprint density at radius 2 is 2.13 bits per heavy atom. The number of aliphatic imine (C=N–C) groups is 1. The number of fused-ring (bicyclic) bond motifs is 1. The smallest absolute Gasteiger partial charge is 0.251 e. The Kier molecular flexibility index (Phi) is 8.00. The van der Waals surface area contributed by atoms with E-state index >= 15 is 0 Å². The number of aromatic nitrogens is 3. The number of nitrogens with zero attached hydrogens (tertiary/aromatic N) is 4. The molecule has 31 heavy (non-hydrogen) atoms. The van der Waals surface area contributed by atoms with E-state index in [1.54, 1.807) is 14.2 Å². The highest BCUT2D eigenvalue weighted by Crippen LogP contribution is 2.13. The molecule has 1 amide bonds. The summed E-state index contributed by atoms with van der Waals surface area (Å²) in [5, 5.41) is 14.3. The predicted octanol–water partition coefficient (Wildman–Crippen LogP) is 1.63. The average Bonchev–Trinajstić information content (AvgIpc) is 3.18. The molecule has 0 spiro atoms. The number of carbonyl (C=O) groups is 1. The number of carbonyl (C=O) groups excluding carboxylic acids is 1. The topological polar surface area (TPSA) is 105 Å². The molecule has 0 bridgehead atoms. The second-order valence-corrected chi connectivity index (χ2v) is 7.84. The van der Waals surface area contributed by atoms with Crippen LogP contribution in [0.1, 0.15) is 54.3 Å². The van der Waals surface area contributed by atoms with Crippen molar-refractivity contribution in [3.8, 4) is 0 Å². The Morgan fingerprint density at radius 3 is 2.81 bits per heavy atom. The molecule has 168 valence electrons. The molecular weight excluding hydrogens is 394 g/mol. The lowest BCUT2D eigenvalue weighted by molar-refractivity contribution is 0.0939. The van der Waals surface area contributed by atoms with Crippen molar-refractivity contribution in [2.45, 2.75) is 64.9 Å². The summed E-state index contributed by atoms with van der Waals surface area (Å²) in [6.45, 7) is 5.85. The lowest BCUT2D eigenvalue weighted by atomic mass is 10.1. The molecule has 2 atom stereocenters. The third-order valence-electron chi connectivity index (χ3n) is 5.41. The molecule has 0 fully saturated rings. The Bertz CT molecular complexity index is 892. The van der Waals surface area contributed by atoms with Gasteiger partial charge in [0.05, 0.1) is 6.54 Å². The molecule has 2 unspecified atom stereocenters. The standard InChI is InChI=1S/C22H33N7O2/c1-5-15(2)25-21(30)17-8-6-16(7-9-17)12-24-22(23-3)26-18-10-11-20-27-19(14-31-4)28-29(20)13-18/h6-9,15,18H,5,10-14H2,1-4H3,(H,25,30)(H2,23,24,26). The van der Waals surface area contributed by atoms with E-state index in [2.05, 4.69) is 37.9 Å². The summed E-state index contributed by atoms with van der Waals surface area (Å²) in [4.78, 5) is 21.1. The number of hydrogen-bond acceptors (Lipinski definition) is 5. The van der Waals surface area contributed by atoms with Crippen molar-refractivity contribution < 1.29 is 9.53 Å². The van der Waals surface area contributed by atoms with Gasteiger partial charge in [-0.15, -0.1) is 0 Å². The van der Waals surface area contributed by atoms with Crippen LogP contribution in [0.25, 0.3) is 0 Å². The molecule has 9 nitrogen and oxygen atoms in total. The van der Waals surface area contributed by atoms with Crippen LogP contribution >= 0.6 is 0 Å². The molecule has 2 heterocycles. The van der Waals surface area contributed by atoms with Gasteiger partial charge in [-0.2, -0.15) is 5.10 Å². The van der Waals surface area contributed by atoms with Crippen molar-refractivity contribution in [1.82, 2.24) is 30.7 Å². The number of amides is 1. The predicted molar refractivity (Wildman–Crippen MR) is 120 cm³/mol. The molecule has 1 aromatic carbocycles. The maximum absolute atomic E-state index is 12.2. The van der Waals surface area contributed by atoms with Crippen LogP contribution in [0.4, 0.5) is 0 Å². The molecule has 3 N–H and O–H groups in total. The highest BCUT2D eigenvalue weighted by Gasteiger charge is 2.22. The van der Waals surface area contributed by atoms with Gasteiger partial charge in [0.1, 0.15) is 12.4 Å². The zero-order valence-corrected chi connectivity index (χ0v) is 18.8. The highest BCUT2D eigenvalue weighted by atomic mass is 16.5. The number of methoxy groups -OCH3 is 1. The van der Waals surface area contributed by atoms with Crippen molar-refractivity contribution >= 4 is 11.9 Å². The van der Waals surface area contributed by atoms with Gasteiger partial charge in [-0.1, -0.05) is 19.1 Å². The normalized spacial score (nSPS) is 17.0. The zero-order chi connectivity index (χ0) is 22.2. The summed E-state index contributed by atoms with van der Waals surface area (Å²) < 4.78 is 7.08. The van der Waals surface area contributed by atoms with E-state index in [-0.39, 0.29) is 18.0 Å². The fourth-order valence-electron chi connectivity index (χ4n) is 3.43. The van der Waals surface area contributed by atoms with Crippen molar-refractivity contribution in [3.05, 3.63) is 47.0 Å². The molecule has 0 saturated carbocycles. The number of rotatable bonds is 8. The zero-order valence-electron chi connectivity index (χ0n) is 18.8. The first-order chi connectivity index (χ1) is 15.0.